The maximum Gasteiger partial charge on any atom is 0.272 e. The fourth-order valence-electron chi connectivity index (χ4n) is 2.01. The molecule has 1 heterocycles. The van der Waals surface area contributed by atoms with E-state index in [2.05, 4.69) is 38.0 Å². The average molecular weight is 277 g/mol. The van der Waals surface area contributed by atoms with Crippen molar-refractivity contribution >= 4 is 11.6 Å². The second-order valence-electron chi connectivity index (χ2n) is 5.18. The van der Waals surface area contributed by atoms with Gasteiger partial charge in [0.2, 0.25) is 0 Å². The van der Waals surface area contributed by atoms with Crippen molar-refractivity contribution in [2.45, 2.75) is 53.0 Å². The van der Waals surface area contributed by atoms with Crippen LogP contribution in [0, 0.1) is 0 Å². The number of pyridine rings is 1. The summed E-state index contributed by atoms with van der Waals surface area (Å²) in [4.78, 5) is 18.5. The summed E-state index contributed by atoms with van der Waals surface area (Å²) in [5.74, 6) is 0.0313. The zero-order valence-corrected chi connectivity index (χ0v) is 13.1. The smallest absolute Gasteiger partial charge is 0.272 e. The molecule has 1 N–H and O–H groups in total. The quantitative estimate of drug-likeness (QED) is 0.790. The van der Waals surface area contributed by atoms with Gasteiger partial charge in [0.25, 0.3) is 5.91 Å². The van der Waals surface area contributed by atoms with Crippen molar-refractivity contribution in [2.75, 3.05) is 18.4 Å². The molecule has 0 aliphatic heterocycles. The zero-order chi connectivity index (χ0) is 15.0. The first-order valence-electron chi connectivity index (χ1n) is 7.64. The number of anilines is 1. The third-order valence-electron chi connectivity index (χ3n) is 3.28. The van der Waals surface area contributed by atoms with Crippen LogP contribution in [0.5, 0.6) is 0 Å². The maximum atomic E-state index is 12.4. The number of carbonyl (C=O) groups is 1. The first-order chi connectivity index (χ1) is 9.62. The highest BCUT2D eigenvalue weighted by Crippen LogP contribution is 2.11. The Kier molecular flexibility index (Phi) is 7.05. The van der Waals surface area contributed by atoms with E-state index in [4.69, 9.17) is 0 Å². The summed E-state index contributed by atoms with van der Waals surface area (Å²) in [5.41, 5.74) is 1.50. The Balaban J connectivity index is 2.73. The predicted octanol–water partition coefficient (Wildman–Crippen LogP) is 3.55. The minimum Gasteiger partial charge on any atom is -0.381 e. The molecule has 1 aromatic rings. The second kappa shape index (κ2) is 8.56. The Morgan fingerprint density at radius 2 is 1.90 bits per heavy atom. The fourth-order valence-corrected chi connectivity index (χ4v) is 2.01. The molecule has 4 heteroatoms. The molecule has 1 atom stereocenters. The number of nitrogens with zero attached hydrogens (tertiary/aromatic N) is 2. The fraction of sp³-hybridized carbons (Fsp3) is 0.625. The third kappa shape index (κ3) is 4.83. The van der Waals surface area contributed by atoms with Crippen LogP contribution in [-0.2, 0) is 0 Å². The van der Waals surface area contributed by atoms with E-state index < -0.39 is 0 Å². The van der Waals surface area contributed by atoms with Gasteiger partial charge in [-0.2, -0.15) is 0 Å². The molecule has 0 saturated heterocycles. The van der Waals surface area contributed by atoms with Gasteiger partial charge in [0, 0.05) is 19.1 Å². The molecule has 112 valence electrons. The number of amides is 1. The number of aromatic nitrogens is 1. The van der Waals surface area contributed by atoms with Crippen LogP contribution in [0.15, 0.2) is 18.3 Å². The summed E-state index contributed by atoms with van der Waals surface area (Å²) in [5, 5.41) is 3.35. The van der Waals surface area contributed by atoms with Crippen LogP contribution in [0.1, 0.15) is 57.4 Å². The SMILES string of the molecule is CCCN(CCC)C(=O)c1ccc(NC(C)CC)cn1. The lowest BCUT2D eigenvalue weighted by Crippen LogP contribution is -2.33. The van der Waals surface area contributed by atoms with E-state index in [0.29, 0.717) is 11.7 Å². The van der Waals surface area contributed by atoms with Crippen molar-refractivity contribution in [1.82, 2.24) is 9.88 Å². The largest absolute Gasteiger partial charge is 0.381 e. The van der Waals surface area contributed by atoms with Gasteiger partial charge in [-0.3, -0.25) is 4.79 Å². The highest BCUT2D eigenvalue weighted by Gasteiger charge is 2.15. The van der Waals surface area contributed by atoms with E-state index in [-0.39, 0.29) is 5.91 Å². The molecule has 1 aromatic heterocycles. The minimum atomic E-state index is 0.0313. The van der Waals surface area contributed by atoms with Crippen molar-refractivity contribution < 1.29 is 4.79 Å². The van der Waals surface area contributed by atoms with Crippen molar-refractivity contribution in [3.63, 3.8) is 0 Å². The van der Waals surface area contributed by atoms with E-state index in [1.807, 2.05) is 17.0 Å². The molecular weight excluding hydrogens is 250 g/mol. The maximum absolute atomic E-state index is 12.4. The van der Waals surface area contributed by atoms with Gasteiger partial charge < -0.3 is 10.2 Å². The van der Waals surface area contributed by atoms with E-state index in [9.17, 15) is 4.79 Å². The Morgan fingerprint density at radius 1 is 1.25 bits per heavy atom. The molecule has 0 aliphatic rings. The molecule has 1 unspecified atom stereocenters. The molecule has 0 aromatic carbocycles. The van der Waals surface area contributed by atoms with Crippen LogP contribution < -0.4 is 5.32 Å². The molecule has 0 fully saturated rings. The van der Waals surface area contributed by atoms with E-state index >= 15 is 0 Å². The molecule has 4 nitrogen and oxygen atoms in total. The lowest BCUT2D eigenvalue weighted by atomic mass is 10.2. The Bertz CT molecular complexity index is 397. The summed E-state index contributed by atoms with van der Waals surface area (Å²) in [7, 11) is 0. The number of hydrogen-bond donors (Lipinski definition) is 1. The normalized spacial score (nSPS) is 12.0. The van der Waals surface area contributed by atoms with Crippen LogP contribution in [-0.4, -0.2) is 34.9 Å². The number of carbonyl (C=O) groups excluding carboxylic acids is 1. The number of rotatable bonds is 8. The van der Waals surface area contributed by atoms with Crippen molar-refractivity contribution in [1.29, 1.82) is 0 Å². The molecule has 0 spiro atoms. The summed E-state index contributed by atoms with van der Waals surface area (Å²) in [6.45, 7) is 10.0. The first kappa shape index (κ1) is 16.5. The van der Waals surface area contributed by atoms with Gasteiger partial charge in [-0.05, 0) is 38.3 Å². The van der Waals surface area contributed by atoms with Gasteiger partial charge in [0.05, 0.1) is 11.9 Å². The van der Waals surface area contributed by atoms with Gasteiger partial charge in [0.1, 0.15) is 5.69 Å². The molecule has 1 amide bonds. The molecule has 1 rings (SSSR count). The Morgan fingerprint density at radius 3 is 2.35 bits per heavy atom. The molecule has 0 radical (unpaired) electrons. The van der Waals surface area contributed by atoms with Crippen LogP contribution >= 0.6 is 0 Å². The van der Waals surface area contributed by atoms with E-state index in [1.54, 1.807) is 6.20 Å². The lowest BCUT2D eigenvalue weighted by Gasteiger charge is -2.21. The highest BCUT2D eigenvalue weighted by molar-refractivity contribution is 5.92. The van der Waals surface area contributed by atoms with Gasteiger partial charge in [-0.15, -0.1) is 0 Å². The van der Waals surface area contributed by atoms with Gasteiger partial charge in [-0.25, -0.2) is 4.98 Å². The van der Waals surface area contributed by atoms with Crippen LogP contribution in [0.3, 0.4) is 0 Å². The van der Waals surface area contributed by atoms with Gasteiger partial charge in [0.15, 0.2) is 0 Å². The van der Waals surface area contributed by atoms with E-state index in [0.717, 1.165) is 38.0 Å². The molecule has 0 bridgehead atoms. The summed E-state index contributed by atoms with van der Waals surface area (Å²) >= 11 is 0. The molecule has 0 aliphatic carbocycles. The number of hydrogen-bond acceptors (Lipinski definition) is 3. The van der Waals surface area contributed by atoms with Crippen LogP contribution in [0.25, 0.3) is 0 Å². The zero-order valence-electron chi connectivity index (χ0n) is 13.1. The number of nitrogens with one attached hydrogen (secondary N) is 1. The van der Waals surface area contributed by atoms with Crippen LogP contribution in [0.4, 0.5) is 5.69 Å². The molecular formula is C16H27N3O. The summed E-state index contributed by atoms with van der Waals surface area (Å²) < 4.78 is 0. The van der Waals surface area contributed by atoms with Crippen molar-refractivity contribution in [3.8, 4) is 0 Å². The first-order valence-corrected chi connectivity index (χ1v) is 7.64. The molecule has 20 heavy (non-hydrogen) atoms. The highest BCUT2D eigenvalue weighted by atomic mass is 16.2. The van der Waals surface area contributed by atoms with Crippen LogP contribution in [0.2, 0.25) is 0 Å². The average Bonchev–Trinajstić information content (AvgIpc) is 2.47. The topological polar surface area (TPSA) is 45.2 Å². The van der Waals surface area contributed by atoms with Gasteiger partial charge >= 0.3 is 0 Å². The summed E-state index contributed by atoms with van der Waals surface area (Å²) in [6.07, 6.45) is 4.75. The second-order valence-corrected chi connectivity index (χ2v) is 5.18. The molecule has 0 saturated carbocycles. The van der Waals surface area contributed by atoms with Gasteiger partial charge in [-0.1, -0.05) is 20.8 Å². The summed E-state index contributed by atoms with van der Waals surface area (Å²) in [6, 6.07) is 4.16. The van der Waals surface area contributed by atoms with E-state index in [1.165, 1.54) is 0 Å². The van der Waals surface area contributed by atoms with Crippen molar-refractivity contribution in [2.24, 2.45) is 0 Å². The minimum absolute atomic E-state index is 0.0313. The standard InChI is InChI=1S/C16H27N3O/c1-5-10-19(11-6-2)16(20)15-9-8-14(12-17-15)18-13(4)7-3/h8-9,12-13,18H,5-7,10-11H2,1-4H3. The monoisotopic (exact) mass is 277 g/mol. The Labute approximate surface area is 122 Å². The third-order valence-corrected chi connectivity index (χ3v) is 3.28. The predicted molar refractivity (Wildman–Crippen MR) is 84.1 cm³/mol. The lowest BCUT2D eigenvalue weighted by molar-refractivity contribution is 0.0749. The van der Waals surface area contributed by atoms with Crippen molar-refractivity contribution in [3.05, 3.63) is 24.0 Å². The Hall–Kier alpha value is -1.58.